The van der Waals surface area contributed by atoms with E-state index in [2.05, 4.69) is 19.2 Å². The first-order valence-corrected chi connectivity index (χ1v) is 5.86. The second-order valence-electron chi connectivity index (χ2n) is 4.31. The van der Waals surface area contributed by atoms with Gasteiger partial charge in [-0.15, -0.1) is 0 Å². The van der Waals surface area contributed by atoms with Gasteiger partial charge in [-0.2, -0.15) is 0 Å². The molecule has 0 aliphatic rings. The fraction of sp³-hybridized carbons (Fsp3) is 0.538. The van der Waals surface area contributed by atoms with E-state index < -0.39 is 0 Å². The van der Waals surface area contributed by atoms with Crippen LogP contribution < -0.4 is 11.1 Å². The number of ether oxygens (including phenoxy) is 1. The first-order chi connectivity index (χ1) is 7.70. The largest absolute Gasteiger partial charge is 0.397 e. The van der Waals surface area contributed by atoms with Crippen molar-refractivity contribution < 1.29 is 4.74 Å². The molecule has 0 saturated heterocycles. The Morgan fingerprint density at radius 2 is 2.00 bits per heavy atom. The molecule has 90 valence electrons. The average Bonchev–Trinajstić information content (AvgIpc) is 2.25. The third kappa shape index (κ3) is 5.03. The standard InChI is InChI=1S/C13H22N2O/c1-11(2)7-9-16-10-8-15-13-6-4-3-5-12(13)14/h3-6,11,15H,7-10,14H2,1-2H3. The first kappa shape index (κ1) is 12.8. The number of rotatable bonds is 7. The number of hydrogen-bond acceptors (Lipinski definition) is 3. The van der Waals surface area contributed by atoms with Gasteiger partial charge in [0.1, 0.15) is 0 Å². The minimum absolute atomic E-state index is 0.706. The summed E-state index contributed by atoms with van der Waals surface area (Å²) in [5.74, 6) is 0.706. The van der Waals surface area contributed by atoms with Crippen LogP contribution in [0.25, 0.3) is 0 Å². The molecule has 0 heterocycles. The van der Waals surface area contributed by atoms with E-state index in [-0.39, 0.29) is 0 Å². The van der Waals surface area contributed by atoms with Gasteiger partial charge in [-0.25, -0.2) is 0 Å². The average molecular weight is 222 g/mol. The Kier molecular flexibility index (Phi) is 5.72. The number of para-hydroxylation sites is 2. The Hall–Kier alpha value is -1.22. The first-order valence-electron chi connectivity index (χ1n) is 5.86. The molecule has 0 radical (unpaired) electrons. The van der Waals surface area contributed by atoms with E-state index >= 15 is 0 Å². The molecule has 3 N–H and O–H groups in total. The van der Waals surface area contributed by atoms with E-state index in [1.807, 2.05) is 24.3 Å². The Balaban J connectivity index is 2.10. The third-order valence-corrected chi connectivity index (χ3v) is 2.36. The highest BCUT2D eigenvalue weighted by Crippen LogP contribution is 2.15. The van der Waals surface area contributed by atoms with Crippen molar-refractivity contribution in [1.29, 1.82) is 0 Å². The molecule has 3 nitrogen and oxygen atoms in total. The maximum atomic E-state index is 5.80. The Morgan fingerprint density at radius 3 is 2.69 bits per heavy atom. The topological polar surface area (TPSA) is 47.3 Å². The van der Waals surface area contributed by atoms with Crippen LogP contribution in [0, 0.1) is 5.92 Å². The number of nitrogens with one attached hydrogen (secondary N) is 1. The molecule has 0 amide bonds. The highest BCUT2D eigenvalue weighted by atomic mass is 16.5. The Labute approximate surface area is 98.0 Å². The summed E-state index contributed by atoms with van der Waals surface area (Å²) in [7, 11) is 0. The monoisotopic (exact) mass is 222 g/mol. The zero-order chi connectivity index (χ0) is 11.8. The van der Waals surface area contributed by atoms with Crippen molar-refractivity contribution in [2.24, 2.45) is 5.92 Å². The number of anilines is 2. The lowest BCUT2D eigenvalue weighted by Gasteiger charge is -2.10. The molecule has 0 spiro atoms. The van der Waals surface area contributed by atoms with E-state index in [1.54, 1.807) is 0 Å². The van der Waals surface area contributed by atoms with Crippen molar-refractivity contribution in [3.05, 3.63) is 24.3 Å². The molecule has 0 fully saturated rings. The van der Waals surface area contributed by atoms with Gasteiger partial charge in [-0.3, -0.25) is 0 Å². The molecule has 0 saturated carbocycles. The van der Waals surface area contributed by atoms with Crippen molar-refractivity contribution in [3.8, 4) is 0 Å². The normalized spacial score (nSPS) is 10.7. The van der Waals surface area contributed by atoms with Crippen molar-refractivity contribution >= 4 is 11.4 Å². The lowest BCUT2D eigenvalue weighted by atomic mass is 10.1. The fourth-order valence-corrected chi connectivity index (χ4v) is 1.34. The molecular formula is C13H22N2O. The summed E-state index contributed by atoms with van der Waals surface area (Å²) in [6, 6.07) is 7.77. The number of nitrogens with two attached hydrogens (primary N) is 1. The van der Waals surface area contributed by atoms with E-state index in [0.717, 1.165) is 37.6 Å². The molecule has 1 rings (SSSR count). The van der Waals surface area contributed by atoms with Crippen LogP contribution in [0.1, 0.15) is 20.3 Å². The van der Waals surface area contributed by atoms with Crippen molar-refractivity contribution in [1.82, 2.24) is 0 Å². The van der Waals surface area contributed by atoms with Crippen LogP contribution in [-0.2, 0) is 4.74 Å². The number of benzene rings is 1. The van der Waals surface area contributed by atoms with Crippen LogP contribution in [0.4, 0.5) is 11.4 Å². The molecule has 0 bridgehead atoms. The second-order valence-corrected chi connectivity index (χ2v) is 4.31. The Morgan fingerprint density at radius 1 is 1.25 bits per heavy atom. The van der Waals surface area contributed by atoms with Gasteiger partial charge in [0.15, 0.2) is 0 Å². The molecule has 16 heavy (non-hydrogen) atoms. The van der Waals surface area contributed by atoms with Crippen LogP contribution in [0.2, 0.25) is 0 Å². The van der Waals surface area contributed by atoms with Gasteiger partial charge >= 0.3 is 0 Å². The van der Waals surface area contributed by atoms with Gasteiger partial charge in [-0.05, 0) is 24.5 Å². The van der Waals surface area contributed by atoms with Crippen molar-refractivity contribution in [3.63, 3.8) is 0 Å². The molecule has 0 aliphatic carbocycles. The van der Waals surface area contributed by atoms with E-state index in [1.165, 1.54) is 0 Å². The smallest absolute Gasteiger partial charge is 0.0639 e. The van der Waals surface area contributed by atoms with Gasteiger partial charge in [-0.1, -0.05) is 26.0 Å². The lowest BCUT2D eigenvalue weighted by Crippen LogP contribution is -2.11. The predicted octanol–water partition coefficient (Wildman–Crippen LogP) is 2.74. The minimum atomic E-state index is 0.706. The van der Waals surface area contributed by atoms with Gasteiger partial charge < -0.3 is 15.8 Å². The predicted molar refractivity (Wildman–Crippen MR) is 69.6 cm³/mol. The summed E-state index contributed by atoms with van der Waals surface area (Å²) < 4.78 is 5.50. The highest BCUT2D eigenvalue weighted by Gasteiger charge is 1.96. The van der Waals surface area contributed by atoms with Crippen LogP contribution in [0.3, 0.4) is 0 Å². The summed E-state index contributed by atoms with van der Waals surface area (Å²) in [5, 5.41) is 3.25. The molecule has 1 aromatic rings. The SMILES string of the molecule is CC(C)CCOCCNc1ccccc1N. The van der Waals surface area contributed by atoms with Gasteiger partial charge in [0.25, 0.3) is 0 Å². The van der Waals surface area contributed by atoms with Crippen LogP contribution in [0.5, 0.6) is 0 Å². The van der Waals surface area contributed by atoms with Crippen LogP contribution >= 0.6 is 0 Å². The van der Waals surface area contributed by atoms with Gasteiger partial charge in [0.2, 0.25) is 0 Å². The van der Waals surface area contributed by atoms with Gasteiger partial charge in [0, 0.05) is 13.2 Å². The molecule has 0 aliphatic heterocycles. The number of nitrogen functional groups attached to an aromatic ring is 1. The molecule has 0 aromatic heterocycles. The van der Waals surface area contributed by atoms with Crippen LogP contribution in [0.15, 0.2) is 24.3 Å². The zero-order valence-electron chi connectivity index (χ0n) is 10.2. The molecule has 1 aromatic carbocycles. The summed E-state index contributed by atoms with van der Waals surface area (Å²) in [5.41, 5.74) is 7.56. The van der Waals surface area contributed by atoms with Crippen LogP contribution in [-0.4, -0.2) is 19.8 Å². The van der Waals surface area contributed by atoms with E-state index in [9.17, 15) is 0 Å². The second kappa shape index (κ2) is 7.12. The van der Waals surface area contributed by atoms with Crippen molar-refractivity contribution in [2.45, 2.75) is 20.3 Å². The number of hydrogen-bond donors (Lipinski definition) is 2. The zero-order valence-corrected chi connectivity index (χ0v) is 10.2. The summed E-state index contributed by atoms with van der Waals surface area (Å²) in [4.78, 5) is 0. The van der Waals surface area contributed by atoms with Gasteiger partial charge in [0.05, 0.1) is 18.0 Å². The van der Waals surface area contributed by atoms with E-state index in [0.29, 0.717) is 5.92 Å². The summed E-state index contributed by atoms with van der Waals surface area (Å²) >= 11 is 0. The third-order valence-electron chi connectivity index (χ3n) is 2.36. The minimum Gasteiger partial charge on any atom is -0.397 e. The maximum absolute atomic E-state index is 5.80. The lowest BCUT2D eigenvalue weighted by molar-refractivity contribution is 0.133. The van der Waals surface area contributed by atoms with E-state index in [4.69, 9.17) is 10.5 Å². The van der Waals surface area contributed by atoms with Crippen molar-refractivity contribution in [2.75, 3.05) is 30.8 Å². The summed E-state index contributed by atoms with van der Waals surface area (Å²) in [6.07, 6.45) is 1.12. The Bertz CT molecular complexity index is 300. The highest BCUT2D eigenvalue weighted by molar-refractivity contribution is 5.65. The molecule has 3 heteroatoms. The maximum Gasteiger partial charge on any atom is 0.0639 e. The molecule has 0 unspecified atom stereocenters. The fourth-order valence-electron chi connectivity index (χ4n) is 1.34. The summed E-state index contributed by atoms with van der Waals surface area (Å²) in [6.45, 7) is 6.76. The quantitative estimate of drug-likeness (QED) is 0.551. The molecule has 0 atom stereocenters. The molecular weight excluding hydrogens is 200 g/mol.